The number of ether oxygens (including phenoxy) is 1. The maximum Gasteiger partial charge on any atom is 0.512 e. The van der Waals surface area contributed by atoms with Gasteiger partial charge in [0, 0.05) is 7.05 Å². The fourth-order valence-corrected chi connectivity index (χ4v) is 1.34. The zero-order chi connectivity index (χ0) is 10.1. The molecule has 0 amide bonds. The van der Waals surface area contributed by atoms with Crippen molar-refractivity contribution in [2.24, 2.45) is 7.05 Å². The van der Waals surface area contributed by atoms with Gasteiger partial charge < -0.3 is 9.84 Å². The molecule has 0 atom stereocenters. The topological polar surface area (TPSA) is 64.4 Å². The van der Waals surface area contributed by atoms with Gasteiger partial charge in [0.25, 0.3) is 5.88 Å². The first-order chi connectivity index (χ1) is 6.68. The average Bonchev–Trinajstić information content (AvgIpc) is 2.44. The molecular weight excluding hydrogens is 184 g/mol. The monoisotopic (exact) mass is 192 g/mol. The molecule has 0 saturated heterocycles. The average molecular weight is 192 g/mol. The number of hydrogen-bond acceptors (Lipinski definition) is 3. The Labute approximate surface area is 79.5 Å². The summed E-state index contributed by atoms with van der Waals surface area (Å²) < 4.78 is 6.11. The summed E-state index contributed by atoms with van der Waals surface area (Å²) in [6.45, 7) is 0. The van der Waals surface area contributed by atoms with E-state index >= 15 is 0 Å². The number of aromatic nitrogens is 2. The highest BCUT2D eigenvalue weighted by molar-refractivity contribution is 5.85. The van der Waals surface area contributed by atoms with Crippen molar-refractivity contribution in [3.63, 3.8) is 0 Å². The normalized spacial score (nSPS) is 10.4. The molecule has 0 aliphatic heterocycles. The molecule has 1 aromatic carbocycles. The summed E-state index contributed by atoms with van der Waals surface area (Å²) in [4.78, 5) is 10.4. The zero-order valence-corrected chi connectivity index (χ0v) is 7.47. The lowest BCUT2D eigenvalue weighted by Gasteiger charge is -1.92. The van der Waals surface area contributed by atoms with Crippen LogP contribution in [-0.4, -0.2) is 21.0 Å². The van der Waals surface area contributed by atoms with E-state index in [-0.39, 0.29) is 5.88 Å². The number of fused-ring (bicyclic) bond motifs is 1. The molecule has 0 radical (unpaired) electrons. The first-order valence-corrected chi connectivity index (χ1v) is 4.01. The lowest BCUT2D eigenvalue weighted by Crippen LogP contribution is -2.04. The number of nitrogens with zero attached hydrogens (tertiary/aromatic N) is 2. The molecule has 2 rings (SSSR count). The number of hydrogen-bond donors (Lipinski definition) is 1. The van der Waals surface area contributed by atoms with Crippen molar-refractivity contribution in [1.82, 2.24) is 9.78 Å². The van der Waals surface area contributed by atoms with Crippen LogP contribution < -0.4 is 4.74 Å². The fraction of sp³-hybridized carbons (Fsp3) is 0.111. The van der Waals surface area contributed by atoms with Crippen LogP contribution in [0.4, 0.5) is 4.79 Å². The molecule has 2 aromatic rings. The maximum atomic E-state index is 10.4. The van der Waals surface area contributed by atoms with Crippen LogP contribution in [0.1, 0.15) is 0 Å². The number of para-hydroxylation sites is 1. The maximum absolute atomic E-state index is 10.4. The zero-order valence-electron chi connectivity index (χ0n) is 7.47. The lowest BCUT2D eigenvalue weighted by atomic mass is 10.2. The van der Waals surface area contributed by atoms with E-state index in [0.717, 1.165) is 5.52 Å². The van der Waals surface area contributed by atoms with Gasteiger partial charge in [-0.05, 0) is 12.1 Å². The first kappa shape index (κ1) is 8.55. The van der Waals surface area contributed by atoms with E-state index < -0.39 is 6.16 Å². The van der Waals surface area contributed by atoms with Gasteiger partial charge in [-0.25, -0.2) is 4.79 Å². The summed E-state index contributed by atoms with van der Waals surface area (Å²) in [5.41, 5.74) is 0.837. The Morgan fingerprint density at radius 1 is 1.50 bits per heavy atom. The van der Waals surface area contributed by atoms with Gasteiger partial charge in [-0.3, -0.25) is 4.68 Å². The molecule has 0 aliphatic rings. The van der Waals surface area contributed by atoms with Crippen molar-refractivity contribution < 1.29 is 14.6 Å². The van der Waals surface area contributed by atoms with E-state index in [2.05, 4.69) is 9.84 Å². The molecule has 0 bridgehead atoms. The van der Waals surface area contributed by atoms with Crippen molar-refractivity contribution >= 4 is 17.1 Å². The van der Waals surface area contributed by atoms with Gasteiger partial charge in [-0.15, -0.1) is 5.10 Å². The number of carboxylic acid groups (broad SMARTS) is 1. The molecule has 72 valence electrons. The van der Waals surface area contributed by atoms with E-state index in [1.165, 1.54) is 0 Å². The Bertz CT molecular complexity index is 490. The molecule has 5 nitrogen and oxygen atoms in total. The number of aryl methyl sites for hydroxylation is 1. The summed E-state index contributed by atoms with van der Waals surface area (Å²) in [5.74, 6) is 0.121. The standard InChI is InChI=1S/C9H8N2O3/c1-11-7-5-3-2-4-6(7)8(10-11)14-9(12)13/h2-5H,1H3,(H,12,13). The molecule has 14 heavy (non-hydrogen) atoms. The Morgan fingerprint density at radius 2 is 2.21 bits per heavy atom. The largest absolute Gasteiger partial charge is 0.512 e. The van der Waals surface area contributed by atoms with Crippen LogP contribution in [0.25, 0.3) is 10.9 Å². The highest BCUT2D eigenvalue weighted by Gasteiger charge is 2.11. The predicted molar refractivity (Wildman–Crippen MR) is 49.4 cm³/mol. The van der Waals surface area contributed by atoms with Crippen molar-refractivity contribution in [2.75, 3.05) is 0 Å². The Kier molecular flexibility index (Phi) is 1.85. The minimum atomic E-state index is -1.35. The lowest BCUT2D eigenvalue weighted by molar-refractivity contribution is 0.143. The van der Waals surface area contributed by atoms with Gasteiger partial charge in [0.2, 0.25) is 0 Å². The molecule has 5 heteroatoms. The molecule has 1 aromatic heterocycles. The second-order valence-corrected chi connectivity index (χ2v) is 2.81. The molecule has 0 spiro atoms. The van der Waals surface area contributed by atoms with Crippen LogP contribution >= 0.6 is 0 Å². The van der Waals surface area contributed by atoms with Crippen LogP contribution in [0.3, 0.4) is 0 Å². The Hall–Kier alpha value is -2.04. The first-order valence-electron chi connectivity index (χ1n) is 4.01. The van der Waals surface area contributed by atoms with E-state index in [9.17, 15) is 4.79 Å². The van der Waals surface area contributed by atoms with E-state index in [1.807, 2.05) is 12.1 Å². The van der Waals surface area contributed by atoms with Gasteiger partial charge in [0.05, 0.1) is 10.9 Å². The third kappa shape index (κ3) is 1.28. The number of benzene rings is 1. The van der Waals surface area contributed by atoms with Gasteiger partial charge in [-0.1, -0.05) is 12.1 Å². The summed E-state index contributed by atoms with van der Waals surface area (Å²) >= 11 is 0. The molecule has 0 unspecified atom stereocenters. The molecular formula is C9H8N2O3. The van der Waals surface area contributed by atoms with Crippen molar-refractivity contribution in [1.29, 1.82) is 0 Å². The highest BCUT2D eigenvalue weighted by atomic mass is 16.7. The van der Waals surface area contributed by atoms with Crippen LogP contribution in [0.15, 0.2) is 24.3 Å². The second-order valence-electron chi connectivity index (χ2n) is 2.81. The second kappa shape index (κ2) is 3.02. The quantitative estimate of drug-likeness (QED) is 0.697. The minimum Gasteiger partial charge on any atom is -0.449 e. The number of rotatable bonds is 1. The van der Waals surface area contributed by atoms with E-state index in [1.54, 1.807) is 23.9 Å². The van der Waals surface area contributed by atoms with Crippen LogP contribution in [0.5, 0.6) is 5.88 Å². The van der Waals surface area contributed by atoms with Gasteiger partial charge in [0.15, 0.2) is 0 Å². The molecule has 0 saturated carbocycles. The van der Waals surface area contributed by atoms with Crippen molar-refractivity contribution in [2.45, 2.75) is 0 Å². The summed E-state index contributed by atoms with van der Waals surface area (Å²) in [6, 6.07) is 7.27. The third-order valence-corrected chi connectivity index (χ3v) is 1.91. The Balaban J connectivity index is 2.60. The van der Waals surface area contributed by atoms with Crippen LogP contribution in [0, 0.1) is 0 Å². The van der Waals surface area contributed by atoms with Gasteiger partial charge >= 0.3 is 6.16 Å². The SMILES string of the molecule is Cn1nc(OC(=O)O)c2ccccc21. The number of carbonyl (C=O) groups is 1. The smallest absolute Gasteiger partial charge is 0.449 e. The summed E-state index contributed by atoms with van der Waals surface area (Å²) in [5, 5.41) is 13.1. The van der Waals surface area contributed by atoms with Crippen LogP contribution in [-0.2, 0) is 7.05 Å². The summed E-state index contributed by atoms with van der Waals surface area (Å²) in [7, 11) is 1.73. The van der Waals surface area contributed by atoms with Gasteiger partial charge in [0.1, 0.15) is 0 Å². The summed E-state index contributed by atoms with van der Waals surface area (Å²) in [6.07, 6.45) is -1.35. The van der Waals surface area contributed by atoms with Crippen LogP contribution in [0.2, 0.25) is 0 Å². The molecule has 0 aliphatic carbocycles. The van der Waals surface area contributed by atoms with Crippen molar-refractivity contribution in [3.05, 3.63) is 24.3 Å². The minimum absolute atomic E-state index is 0.121. The predicted octanol–water partition coefficient (Wildman–Crippen LogP) is 1.63. The fourth-order valence-electron chi connectivity index (χ4n) is 1.34. The molecule has 1 N–H and O–H groups in total. The van der Waals surface area contributed by atoms with E-state index in [0.29, 0.717) is 5.39 Å². The highest BCUT2D eigenvalue weighted by Crippen LogP contribution is 2.23. The Morgan fingerprint density at radius 3 is 2.93 bits per heavy atom. The third-order valence-electron chi connectivity index (χ3n) is 1.91. The molecule has 0 fully saturated rings. The van der Waals surface area contributed by atoms with Gasteiger partial charge in [-0.2, -0.15) is 0 Å². The van der Waals surface area contributed by atoms with Crippen molar-refractivity contribution in [3.8, 4) is 5.88 Å². The molecule has 1 heterocycles. The van der Waals surface area contributed by atoms with E-state index in [4.69, 9.17) is 5.11 Å².